The quantitative estimate of drug-likeness (QED) is 0.653. The SMILES string of the molecule is CCCOc1ccc(C(=O)Nc2ccccc2I)cc1OCC. The third-order valence-corrected chi connectivity index (χ3v) is 4.03. The van der Waals surface area contributed by atoms with Crippen molar-refractivity contribution in [3.63, 3.8) is 0 Å². The van der Waals surface area contributed by atoms with Crippen molar-refractivity contribution in [2.24, 2.45) is 0 Å². The highest BCUT2D eigenvalue weighted by molar-refractivity contribution is 14.1. The number of anilines is 1. The molecule has 0 bridgehead atoms. The summed E-state index contributed by atoms with van der Waals surface area (Å²) in [7, 11) is 0. The second kappa shape index (κ2) is 8.76. The van der Waals surface area contributed by atoms with Gasteiger partial charge in [0.1, 0.15) is 0 Å². The number of hydrogen-bond acceptors (Lipinski definition) is 3. The number of halogens is 1. The molecule has 1 amide bonds. The number of benzene rings is 2. The van der Waals surface area contributed by atoms with E-state index in [2.05, 4.69) is 27.9 Å². The van der Waals surface area contributed by atoms with Gasteiger partial charge in [0.2, 0.25) is 0 Å². The van der Waals surface area contributed by atoms with Gasteiger partial charge in [-0.05, 0) is 66.3 Å². The third-order valence-electron chi connectivity index (χ3n) is 3.09. The molecular weight excluding hydrogens is 405 g/mol. The van der Waals surface area contributed by atoms with Crippen LogP contribution in [0, 0.1) is 3.57 Å². The highest BCUT2D eigenvalue weighted by Gasteiger charge is 2.12. The fourth-order valence-electron chi connectivity index (χ4n) is 2.01. The van der Waals surface area contributed by atoms with E-state index in [0.717, 1.165) is 15.7 Å². The van der Waals surface area contributed by atoms with Crippen LogP contribution in [-0.4, -0.2) is 19.1 Å². The molecule has 23 heavy (non-hydrogen) atoms. The number of nitrogens with one attached hydrogen (secondary N) is 1. The normalized spacial score (nSPS) is 10.2. The average molecular weight is 425 g/mol. The lowest BCUT2D eigenvalue weighted by molar-refractivity contribution is 0.102. The third kappa shape index (κ3) is 4.86. The summed E-state index contributed by atoms with van der Waals surface area (Å²) in [5.74, 6) is 1.09. The van der Waals surface area contributed by atoms with E-state index in [1.807, 2.05) is 38.1 Å². The van der Waals surface area contributed by atoms with Crippen LogP contribution in [0.25, 0.3) is 0 Å². The zero-order valence-electron chi connectivity index (χ0n) is 13.3. The molecule has 4 nitrogen and oxygen atoms in total. The first-order chi connectivity index (χ1) is 11.2. The molecule has 2 aromatic carbocycles. The molecule has 2 rings (SSSR count). The highest BCUT2D eigenvalue weighted by Crippen LogP contribution is 2.29. The summed E-state index contributed by atoms with van der Waals surface area (Å²) in [6.45, 7) is 5.09. The van der Waals surface area contributed by atoms with Gasteiger partial charge in [0, 0.05) is 9.13 Å². The Kier molecular flexibility index (Phi) is 6.70. The van der Waals surface area contributed by atoms with Crippen molar-refractivity contribution < 1.29 is 14.3 Å². The van der Waals surface area contributed by atoms with Crippen LogP contribution in [0.2, 0.25) is 0 Å². The first-order valence-corrected chi connectivity index (χ1v) is 8.69. The second-order valence-corrected chi connectivity index (χ2v) is 6.04. The van der Waals surface area contributed by atoms with E-state index in [1.165, 1.54) is 0 Å². The number of hydrogen-bond donors (Lipinski definition) is 1. The summed E-state index contributed by atoms with van der Waals surface area (Å²) < 4.78 is 12.2. The number of rotatable bonds is 7. The van der Waals surface area contributed by atoms with E-state index >= 15 is 0 Å². The number of para-hydroxylation sites is 1. The Labute approximate surface area is 150 Å². The Bertz CT molecular complexity index is 673. The standard InChI is InChI=1S/C18H20INO3/c1-3-11-23-16-10-9-13(12-17(16)22-4-2)18(21)20-15-8-6-5-7-14(15)19/h5-10,12H,3-4,11H2,1-2H3,(H,20,21). The fraction of sp³-hybridized carbons (Fsp3) is 0.278. The minimum absolute atomic E-state index is 0.169. The zero-order chi connectivity index (χ0) is 16.7. The predicted molar refractivity (Wildman–Crippen MR) is 101 cm³/mol. The van der Waals surface area contributed by atoms with Gasteiger partial charge in [-0.3, -0.25) is 4.79 Å². The molecule has 0 aliphatic heterocycles. The van der Waals surface area contributed by atoms with Crippen molar-refractivity contribution in [2.75, 3.05) is 18.5 Å². The maximum atomic E-state index is 12.4. The Hall–Kier alpha value is -1.76. The largest absolute Gasteiger partial charge is 0.490 e. The molecule has 0 radical (unpaired) electrons. The summed E-state index contributed by atoms with van der Waals surface area (Å²) in [6.07, 6.45) is 0.917. The van der Waals surface area contributed by atoms with Crippen molar-refractivity contribution in [1.29, 1.82) is 0 Å². The topological polar surface area (TPSA) is 47.6 Å². The minimum atomic E-state index is -0.169. The first-order valence-electron chi connectivity index (χ1n) is 7.61. The molecule has 0 atom stereocenters. The van der Waals surface area contributed by atoms with E-state index < -0.39 is 0 Å². The molecule has 0 unspecified atom stereocenters. The highest BCUT2D eigenvalue weighted by atomic mass is 127. The van der Waals surface area contributed by atoms with Gasteiger partial charge in [0.25, 0.3) is 5.91 Å². The van der Waals surface area contributed by atoms with E-state index in [1.54, 1.807) is 18.2 Å². The maximum absolute atomic E-state index is 12.4. The number of amides is 1. The molecule has 0 spiro atoms. The summed E-state index contributed by atoms with van der Waals surface area (Å²) >= 11 is 2.19. The van der Waals surface area contributed by atoms with Gasteiger partial charge >= 0.3 is 0 Å². The molecule has 0 saturated carbocycles. The van der Waals surface area contributed by atoms with Crippen molar-refractivity contribution in [3.8, 4) is 11.5 Å². The smallest absolute Gasteiger partial charge is 0.255 e. The van der Waals surface area contributed by atoms with Gasteiger partial charge in [-0.25, -0.2) is 0 Å². The van der Waals surface area contributed by atoms with Crippen molar-refractivity contribution >= 4 is 34.2 Å². The second-order valence-electron chi connectivity index (χ2n) is 4.88. The molecule has 1 N–H and O–H groups in total. The van der Waals surface area contributed by atoms with Crippen LogP contribution in [0.5, 0.6) is 11.5 Å². The van der Waals surface area contributed by atoms with Gasteiger partial charge in [-0.15, -0.1) is 0 Å². The lowest BCUT2D eigenvalue weighted by atomic mass is 10.2. The van der Waals surface area contributed by atoms with Crippen LogP contribution in [0.4, 0.5) is 5.69 Å². The monoisotopic (exact) mass is 425 g/mol. The van der Waals surface area contributed by atoms with Crippen LogP contribution in [0.3, 0.4) is 0 Å². The molecular formula is C18H20INO3. The summed E-state index contributed by atoms with van der Waals surface area (Å²) in [4.78, 5) is 12.4. The van der Waals surface area contributed by atoms with Gasteiger partial charge in [-0.2, -0.15) is 0 Å². The average Bonchev–Trinajstić information content (AvgIpc) is 2.56. The van der Waals surface area contributed by atoms with Gasteiger partial charge < -0.3 is 14.8 Å². The molecule has 0 saturated heterocycles. The zero-order valence-corrected chi connectivity index (χ0v) is 15.4. The lowest BCUT2D eigenvalue weighted by Gasteiger charge is -2.13. The minimum Gasteiger partial charge on any atom is -0.490 e. The Morgan fingerprint density at radius 1 is 1.09 bits per heavy atom. The number of carbonyl (C=O) groups excluding carboxylic acids is 1. The van der Waals surface area contributed by atoms with Gasteiger partial charge in [-0.1, -0.05) is 19.1 Å². The first kappa shape index (κ1) is 17.6. The summed E-state index contributed by atoms with van der Waals surface area (Å²) in [5.41, 5.74) is 1.33. The molecule has 5 heteroatoms. The van der Waals surface area contributed by atoms with Crippen LogP contribution in [0.1, 0.15) is 30.6 Å². The van der Waals surface area contributed by atoms with Crippen LogP contribution in [-0.2, 0) is 0 Å². The Morgan fingerprint density at radius 3 is 2.57 bits per heavy atom. The molecule has 0 aromatic heterocycles. The predicted octanol–water partition coefficient (Wildman–Crippen LogP) is 4.73. The molecule has 0 heterocycles. The Morgan fingerprint density at radius 2 is 1.87 bits per heavy atom. The van der Waals surface area contributed by atoms with Crippen LogP contribution >= 0.6 is 22.6 Å². The van der Waals surface area contributed by atoms with Crippen molar-refractivity contribution in [2.45, 2.75) is 20.3 Å². The Balaban J connectivity index is 2.20. The van der Waals surface area contributed by atoms with E-state index in [9.17, 15) is 4.79 Å². The van der Waals surface area contributed by atoms with Gasteiger partial charge in [0.05, 0.1) is 18.9 Å². The van der Waals surface area contributed by atoms with E-state index in [-0.39, 0.29) is 5.91 Å². The molecule has 0 aliphatic carbocycles. The molecule has 0 aliphatic rings. The molecule has 122 valence electrons. The van der Waals surface area contributed by atoms with E-state index in [0.29, 0.717) is 30.3 Å². The lowest BCUT2D eigenvalue weighted by Crippen LogP contribution is -2.13. The number of carbonyl (C=O) groups is 1. The summed E-state index contributed by atoms with van der Waals surface area (Å²) in [5, 5.41) is 2.92. The molecule has 0 fully saturated rings. The van der Waals surface area contributed by atoms with Gasteiger partial charge in [0.15, 0.2) is 11.5 Å². The van der Waals surface area contributed by atoms with Crippen molar-refractivity contribution in [3.05, 3.63) is 51.6 Å². The fourth-order valence-corrected chi connectivity index (χ4v) is 2.53. The molecule has 2 aromatic rings. The van der Waals surface area contributed by atoms with Crippen molar-refractivity contribution in [1.82, 2.24) is 0 Å². The maximum Gasteiger partial charge on any atom is 0.255 e. The van der Waals surface area contributed by atoms with Crippen LogP contribution in [0.15, 0.2) is 42.5 Å². The van der Waals surface area contributed by atoms with E-state index in [4.69, 9.17) is 9.47 Å². The summed E-state index contributed by atoms with van der Waals surface area (Å²) in [6, 6.07) is 12.9. The number of ether oxygens (including phenoxy) is 2. The van der Waals surface area contributed by atoms with Crippen LogP contribution < -0.4 is 14.8 Å².